The number of halogens is 1. The lowest BCUT2D eigenvalue weighted by molar-refractivity contribution is -0.137. The van der Waals surface area contributed by atoms with Gasteiger partial charge >= 0.3 is 0 Å². The summed E-state index contributed by atoms with van der Waals surface area (Å²) in [7, 11) is -3.64. The Morgan fingerprint density at radius 1 is 1.13 bits per heavy atom. The van der Waals surface area contributed by atoms with Crippen molar-refractivity contribution in [2.45, 2.75) is 38.1 Å². The second-order valence-corrected chi connectivity index (χ2v) is 11.1. The van der Waals surface area contributed by atoms with E-state index in [0.717, 1.165) is 4.88 Å². The molecule has 1 amide bonds. The van der Waals surface area contributed by atoms with Crippen molar-refractivity contribution < 1.29 is 18.0 Å². The van der Waals surface area contributed by atoms with Crippen molar-refractivity contribution in [1.29, 1.82) is 0 Å². The van der Waals surface area contributed by atoms with E-state index in [4.69, 9.17) is 11.6 Å². The molecule has 0 spiro atoms. The summed E-state index contributed by atoms with van der Waals surface area (Å²) in [5.41, 5.74) is 0.477. The minimum atomic E-state index is -3.64. The first kappa shape index (κ1) is 22.9. The molecule has 1 aromatic heterocycles. The van der Waals surface area contributed by atoms with Crippen LogP contribution in [0.2, 0.25) is 4.34 Å². The van der Waals surface area contributed by atoms with Gasteiger partial charge in [0.15, 0.2) is 5.78 Å². The number of ketones is 1. The molecule has 0 saturated carbocycles. The number of hydrogen-bond acceptors (Lipinski definition) is 5. The summed E-state index contributed by atoms with van der Waals surface area (Å²) < 4.78 is 27.9. The van der Waals surface area contributed by atoms with Crippen molar-refractivity contribution >= 4 is 44.7 Å². The highest BCUT2D eigenvalue weighted by Crippen LogP contribution is 2.27. The molecule has 162 valence electrons. The summed E-state index contributed by atoms with van der Waals surface area (Å²) in [5, 5.41) is 0. The van der Waals surface area contributed by atoms with Crippen molar-refractivity contribution in [1.82, 2.24) is 9.21 Å². The number of amides is 1. The Morgan fingerprint density at radius 2 is 1.77 bits per heavy atom. The Balaban J connectivity index is 1.62. The number of carbonyl (C=O) groups is 2. The molecule has 6 nitrogen and oxygen atoms in total. The molecule has 30 heavy (non-hydrogen) atoms. The van der Waals surface area contributed by atoms with Gasteiger partial charge in [0.25, 0.3) is 0 Å². The van der Waals surface area contributed by atoms with E-state index in [1.54, 1.807) is 4.90 Å². The molecule has 1 fully saturated rings. The highest BCUT2D eigenvalue weighted by molar-refractivity contribution is 7.89. The normalized spacial score (nSPS) is 15.8. The lowest BCUT2D eigenvalue weighted by Gasteiger charge is -2.33. The first-order valence-electron chi connectivity index (χ1n) is 9.86. The number of carbonyl (C=O) groups excluding carboxylic acids is 2. The van der Waals surface area contributed by atoms with Gasteiger partial charge in [-0.05, 0) is 51.0 Å². The van der Waals surface area contributed by atoms with Crippen molar-refractivity contribution in [3.63, 3.8) is 0 Å². The lowest BCUT2D eigenvalue weighted by Crippen LogP contribution is -2.44. The van der Waals surface area contributed by atoms with Crippen LogP contribution in [0, 0.1) is 5.92 Å². The van der Waals surface area contributed by atoms with Gasteiger partial charge in [-0.25, -0.2) is 8.42 Å². The molecule has 2 aromatic rings. The summed E-state index contributed by atoms with van der Waals surface area (Å²) >= 11 is 7.45. The number of piperidine rings is 1. The highest BCUT2D eigenvalue weighted by atomic mass is 35.5. The van der Waals surface area contributed by atoms with Crippen LogP contribution < -0.4 is 0 Å². The van der Waals surface area contributed by atoms with Gasteiger partial charge in [-0.3, -0.25) is 9.59 Å². The maximum Gasteiger partial charge on any atom is 0.243 e. The van der Waals surface area contributed by atoms with E-state index in [1.165, 1.54) is 46.8 Å². The number of rotatable bonds is 7. The van der Waals surface area contributed by atoms with E-state index >= 15 is 0 Å². The summed E-state index contributed by atoms with van der Waals surface area (Å²) in [5.74, 6) is -0.236. The fourth-order valence-electron chi connectivity index (χ4n) is 3.58. The quantitative estimate of drug-likeness (QED) is 0.574. The predicted octanol–water partition coefficient (Wildman–Crippen LogP) is 4.05. The molecule has 2 heterocycles. The van der Waals surface area contributed by atoms with E-state index in [1.807, 2.05) is 19.1 Å². The molecular weight excluding hydrogens is 444 g/mol. The summed E-state index contributed by atoms with van der Waals surface area (Å²) in [6, 6.07) is 9.74. The van der Waals surface area contributed by atoms with Crippen molar-refractivity contribution in [3.05, 3.63) is 51.2 Å². The molecule has 1 saturated heterocycles. The van der Waals surface area contributed by atoms with Gasteiger partial charge in [0.2, 0.25) is 15.9 Å². The van der Waals surface area contributed by atoms with Gasteiger partial charge in [-0.1, -0.05) is 23.7 Å². The van der Waals surface area contributed by atoms with E-state index in [-0.39, 0.29) is 22.5 Å². The Hall–Kier alpha value is -1.74. The number of Topliss-reactive ketones (excluding diaryl/α,β-unsaturated/α-hetero) is 1. The molecular formula is C21H25ClN2O4S2. The standard InChI is InChI=1S/C21H25ClN2O4S2/c1-3-23(14-18-6-9-20(22)29-18)21(26)17-10-12-24(13-11-17)30(27,28)19-7-4-16(5-8-19)15(2)25/h4-9,17H,3,10-14H2,1-2H3. The fourth-order valence-corrected chi connectivity index (χ4v) is 6.16. The van der Waals surface area contributed by atoms with Gasteiger partial charge in [-0.15, -0.1) is 11.3 Å². The molecule has 1 aromatic carbocycles. The van der Waals surface area contributed by atoms with Crippen LogP contribution in [-0.2, 0) is 21.4 Å². The summed E-state index contributed by atoms with van der Waals surface area (Å²) in [4.78, 5) is 27.4. The summed E-state index contributed by atoms with van der Waals surface area (Å²) in [6.07, 6.45) is 0.983. The van der Waals surface area contributed by atoms with E-state index in [0.29, 0.717) is 48.9 Å². The van der Waals surface area contributed by atoms with Crippen LogP contribution in [0.3, 0.4) is 0 Å². The SMILES string of the molecule is CCN(Cc1ccc(Cl)s1)C(=O)C1CCN(S(=O)(=O)c2ccc(C(C)=O)cc2)CC1. The molecule has 0 N–H and O–H groups in total. The van der Waals surface area contributed by atoms with Crippen LogP contribution in [0.4, 0.5) is 0 Å². The Morgan fingerprint density at radius 3 is 2.27 bits per heavy atom. The molecule has 0 aliphatic carbocycles. The largest absolute Gasteiger partial charge is 0.338 e. The van der Waals surface area contributed by atoms with Crippen LogP contribution >= 0.6 is 22.9 Å². The third-order valence-corrected chi connectivity index (χ3v) is 8.50. The fraction of sp³-hybridized carbons (Fsp3) is 0.429. The van der Waals surface area contributed by atoms with Crippen molar-refractivity contribution in [3.8, 4) is 0 Å². The average Bonchev–Trinajstić information content (AvgIpc) is 3.16. The molecule has 0 unspecified atom stereocenters. The average molecular weight is 469 g/mol. The number of nitrogens with zero attached hydrogens (tertiary/aromatic N) is 2. The van der Waals surface area contributed by atoms with Crippen LogP contribution in [0.5, 0.6) is 0 Å². The van der Waals surface area contributed by atoms with E-state index in [9.17, 15) is 18.0 Å². The molecule has 1 aliphatic heterocycles. The van der Waals surface area contributed by atoms with Crippen LogP contribution in [0.15, 0.2) is 41.3 Å². The maximum atomic E-state index is 13.0. The maximum absolute atomic E-state index is 13.0. The zero-order valence-corrected chi connectivity index (χ0v) is 19.4. The third kappa shape index (κ3) is 5.11. The third-order valence-electron chi connectivity index (χ3n) is 5.37. The number of hydrogen-bond donors (Lipinski definition) is 0. The number of sulfonamides is 1. The van der Waals surface area contributed by atoms with Crippen LogP contribution in [0.25, 0.3) is 0 Å². The first-order chi connectivity index (χ1) is 14.2. The second-order valence-electron chi connectivity index (χ2n) is 7.32. The molecule has 0 bridgehead atoms. The van der Waals surface area contributed by atoms with Gasteiger partial charge < -0.3 is 4.90 Å². The van der Waals surface area contributed by atoms with Gasteiger partial charge in [0, 0.05) is 36.0 Å². The van der Waals surface area contributed by atoms with Crippen LogP contribution in [-0.4, -0.2) is 48.9 Å². The molecule has 0 atom stereocenters. The Kier molecular flexibility index (Phi) is 7.34. The van der Waals surface area contributed by atoms with Gasteiger partial charge in [0.05, 0.1) is 15.8 Å². The Bertz CT molecular complexity index is 1010. The van der Waals surface area contributed by atoms with Gasteiger partial charge in [-0.2, -0.15) is 4.31 Å². The van der Waals surface area contributed by atoms with E-state index in [2.05, 4.69) is 0 Å². The minimum Gasteiger partial charge on any atom is -0.338 e. The number of thiophene rings is 1. The van der Waals surface area contributed by atoms with Crippen molar-refractivity contribution in [2.75, 3.05) is 19.6 Å². The topological polar surface area (TPSA) is 74.8 Å². The van der Waals surface area contributed by atoms with Crippen LogP contribution in [0.1, 0.15) is 41.9 Å². The monoisotopic (exact) mass is 468 g/mol. The lowest BCUT2D eigenvalue weighted by atomic mass is 9.96. The van der Waals surface area contributed by atoms with E-state index < -0.39 is 10.0 Å². The number of benzene rings is 1. The smallest absolute Gasteiger partial charge is 0.243 e. The predicted molar refractivity (Wildman–Crippen MR) is 118 cm³/mol. The zero-order valence-electron chi connectivity index (χ0n) is 17.0. The summed E-state index contributed by atoms with van der Waals surface area (Å²) in [6.45, 7) is 5.10. The van der Waals surface area contributed by atoms with Crippen molar-refractivity contribution in [2.24, 2.45) is 5.92 Å². The minimum absolute atomic E-state index is 0.0601. The first-order valence-corrected chi connectivity index (χ1v) is 12.5. The molecule has 9 heteroatoms. The highest BCUT2D eigenvalue weighted by Gasteiger charge is 2.33. The Labute approximate surface area is 186 Å². The second kappa shape index (κ2) is 9.60. The van der Waals surface area contributed by atoms with Gasteiger partial charge in [0.1, 0.15) is 0 Å². The molecule has 0 radical (unpaired) electrons. The molecule has 1 aliphatic rings. The molecule has 3 rings (SSSR count). The zero-order chi connectivity index (χ0) is 21.9.